The van der Waals surface area contributed by atoms with E-state index in [0.29, 0.717) is 24.5 Å². The smallest absolute Gasteiger partial charge is 0.331 e. The largest absolute Gasteiger partial charge is 0.493 e. The van der Waals surface area contributed by atoms with E-state index in [9.17, 15) is 9.59 Å². The van der Waals surface area contributed by atoms with Gasteiger partial charge in [-0.15, -0.1) is 0 Å². The number of cyclic esters (lactones) is 1. The van der Waals surface area contributed by atoms with E-state index >= 15 is 0 Å². The lowest BCUT2D eigenvalue weighted by Gasteiger charge is -2.19. The molecule has 0 spiro atoms. The van der Waals surface area contributed by atoms with Crippen LogP contribution in [0.4, 0.5) is 0 Å². The highest BCUT2D eigenvalue weighted by Crippen LogP contribution is 2.29. The summed E-state index contributed by atoms with van der Waals surface area (Å²) in [4.78, 5) is 23.7. The van der Waals surface area contributed by atoms with Crippen LogP contribution in [0.5, 0.6) is 11.5 Å². The van der Waals surface area contributed by atoms with Gasteiger partial charge in [-0.1, -0.05) is 6.07 Å². The Hall–Kier alpha value is -2.50. The molecule has 1 aliphatic rings. The third-order valence-corrected chi connectivity index (χ3v) is 3.66. The number of carbonyl (C=O) groups excluding carboxylic acids is 2. The molecule has 6 nitrogen and oxygen atoms in total. The molecular formula is C18H23NO5. The van der Waals surface area contributed by atoms with Crippen molar-refractivity contribution in [3.05, 3.63) is 29.8 Å². The van der Waals surface area contributed by atoms with Crippen molar-refractivity contribution >= 4 is 18.0 Å². The average molecular weight is 333 g/mol. The molecule has 1 aliphatic heterocycles. The van der Waals surface area contributed by atoms with Crippen molar-refractivity contribution < 1.29 is 23.8 Å². The monoisotopic (exact) mass is 333 g/mol. The van der Waals surface area contributed by atoms with E-state index in [1.54, 1.807) is 32.2 Å². The topological polar surface area (TPSA) is 73.9 Å². The van der Waals surface area contributed by atoms with Crippen LogP contribution < -0.4 is 14.8 Å². The highest BCUT2D eigenvalue weighted by molar-refractivity contribution is 5.96. The number of esters is 1. The van der Waals surface area contributed by atoms with Gasteiger partial charge in [-0.2, -0.15) is 0 Å². The third kappa shape index (κ3) is 4.28. The van der Waals surface area contributed by atoms with Gasteiger partial charge in [-0.3, -0.25) is 4.79 Å². The molecule has 0 saturated carbocycles. The second-order valence-corrected chi connectivity index (χ2v) is 6.12. The molecular weight excluding hydrogens is 310 g/mol. The summed E-state index contributed by atoms with van der Waals surface area (Å²) in [7, 11) is 1.56. The highest BCUT2D eigenvalue weighted by Gasteiger charge is 2.40. The first-order valence-electron chi connectivity index (χ1n) is 7.86. The van der Waals surface area contributed by atoms with E-state index < -0.39 is 11.5 Å². The normalized spacial score (nSPS) is 20.3. The van der Waals surface area contributed by atoms with E-state index in [1.807, 2.05) is 19.9 Å². The minimum absolute atomic E-state index is 0.0398. The summed E-state index contributed by atoms with van der Waals surface area (Å²) < 4.78 is 15.9. The lowest BCUT2D eigenvalue weighted by atomic mass is 10.0. The number of carbonyl (C=O) groups is 2. The molecule has 0 bridgehead atoms. The fourth-order valence-corrected chi connectivity index (χ4v) is 2.35. The van der Waals surface area contributed by atoms with Gasteiger partial charge in [0.15, 0.2) is 11.5 Å². The maximum atomic E-state index is 12.0. The molecule has 130 valence electrons. The Morgan fingerprint density at radius 1 is 1.38 bits per heavy atom. The Balaban J connectivity index is 2.05. The van der Waals surface area contributed by atoms with Crippen molar-refractivity contribution in [2.45, 2.75) is 38.8 Å². The molecule has 1 heterocycles. The molecule has 6 heteroatoms. The number of nitrogens with one attached hydrogen (secondary N) is 1. The molecule has 1 N–H and O–H groups in total. The number of methoxy groups -OCH3 is 1. The molecule has 1 saturated heterocycles. The highest BCUT2D eigenvalue weighted by atomic mass is 16.5. The molecule has 1 aromatic rings. The number of hydrogen-bond acceptors (Lipinski definition) is 5. The second-order valence-electron chi connectivity index (χ2n) is 6.12. The molecule has 1 fully saturated rings. The summed E-state index contributed by atoms with van der Waals surface area (Å²) in [6.45, 7) is 5.86. The Labute approximate surface area is 141 Å². The SMILES string of the molecule is COc1cc(C=CC(=O)NC2(C)CCOC2=O)ccc1OC(C)C. The van der Waals surface area contributed by atoms with Crippen LogP contribution >= 0.6 is 0 Å². The van der Waals surface area contributed by atoms with E-state index in [0.717, 1.165) is 5.56 Å². The minimum atomic E-state index is -0.950. The number of ether oxygens (including phenoxy) is 3. The van der Waals surface area contributed by atoms with Crippen molar-refractivity contribution in [3.8, 4) is 11.5 Å². The maximum Gasteiger partial charge on any atom is 0.331 e. The van der Waals surface area contributed by atoms with Gasteiger partial charge < -0.3 is 19.5 Å². The van der Waals surface area contributed by atoms with Crippen LogP contribution in [0.3, 0.4) is 0 Å². The van der Waals surface area contributed by atoms with Crippen LogP contribution in [0, 0.1) is 0 Å². The molecule has 0 aliphatic carbocycles. The van der Waals surface area contributed by atoms with Crippen molar-refractivity contribution in [2.24, 2.45) is 0 Å². The third-order valence-electron chi connectivity index (χ3n) is 3.66. The van der Waals surface area contributed by atoms with E-state index in [-0.39, 0.29) is 12.0 Å². The Kier molecular flexibility index (Phi) is 5.49. The molecule has 0 aromatic heterocycles. The fourth-order valence-electron chi connectivity index (χ4n) is 2.35. The zero-order valence-electron chi connectivity index (χ0n) is 14.4. The van der Waals surface area contributed by atoms with Crippen molar-refractivity contribution in [1.82, 2.24) is 5.32 Å². The van der Waals surface area contributed by atoms with Crippen molar-refractivity contribution in [3.63, 3.8) is 0 Å². The van der Waals surface area contributed by atoms with Crippen LogP contribution in [0.1, 0.15) is 32.8 Å². The van der Waals surface area contributed by atoms with Gasteiger partial charge >= 0.3 is 5.97 Å². The number of rotatable bonds is 6. The lowest BCUT2D eigenvalue weighted by Crippen LogP contribution is -2.48. The molecule has 24 heavy (non-hydrogen) atoms. The predicted octanol–water partition coefficient (Wildman–Crippen LogP) is 2.32. The number of hydrogen-bond donors (Lipinski definition) is 1. The van der Waals surface area contributed by atoms with E-state index in [4.69, 9.17) is 14.2 Å². The number of amides is 1. The van der Waals surface area contributed by atoms with E-state index in [1.165, 1.54) is 6.08 Å². The van der Waals surface area contributed by atoms with Crippen LogP contribution in [-0.4, -0.2) is 37.2 Å². The van der Waals surface area contributed by atoms with Gasteiger partial charge in [0, 0.05) is 12.5 Å². The Morgan fingerprint density at radius 2 is 2.12 bits per heavy atom. The lowest BCUT2D eigenvalue weighted by molar-refractivity contribution is -0.144. The summed E-state index contributed by atoms with van der Waals surface area (Å²) >= 11 is 0. The summed E-state index contributed by atoms with van der Waals surface area (Å²) in [6.07, 6.45) is 3.55. The van der Waals surface area contributed by atoms with Crippen molar-refractivity contribution in [2.75, 3.05) is 13.7 Å². The van der Waals surface area contributed by atoms with Crippen LogP contribution in [0.25, 0.3) is 6.08 Å². The van der Waals surface area contributed by atoms with Gasteiger partial charge in [-0.05, 0) is 44.5 Å². The predicted molar refractivity (Wildman–Crippen MR) is 89.9 cm³/mol. The van der Waals surface area contributed by atoms with Gasteiger partial charge in [-0.25, -0.2) is 4.79 Å². The fraction of sp³-hybridized carbons (Fsp3) is 0.444. The number of benzene rings is 1. The summed E-state index contributed by atoms with van der Waals surface area (Å²) in [5, 5.41) is 2.69. The average Bonchev–Trinajstić information content (AvgIpc) is 2.84. The summed E-state index contributed by atoms with van der Waals surface area (Å²) in [5.41, 5.74) is -0.161. The molecule has 0 radical (unpaired) electrons. The maximum absolute atomic E-state index is 12.0. The van der Waals surface area contributed by atoms with Gasteiger partial charge in [0.1, 0.15) is 5.54 Å². The zero-order valence-corrected chi connectivity index (χ0v) is 14.4. The van der Waals surface area contributed by atoms with Crippen molar-refractivity contribution in [1.29, 1.82) is 0 Å². The standard InChI is InChI=1S/C18H23NO5/c1-12(2)24-14-7-5-13(11-15(14)22-4)6-8-16(20)19-18(3)9-10-23-17(18)21/h5-8,11-12H,9-10H2,1-4H3,(H,19,20). The molecule has 1 atom stereocenters. The molecule has 2 rings (SSSR count). The first-order chi connectivity index (χ1) is 11.3. The van der Waals surface area contributed by atoms with Crippen LogP contribution in [-0.2, 0) is 14.3 Å². The van der Waals surface area contributed by atoms with Gasteiger partial charge in [0.2, 0.25) is 5.91 Å². The van der Waals surface area contributed by atoms with Gasteiger partial charge in [0.05, 0.1) is 19.8 Å². The van der Waals surface area contributed by atoms with E-state index in [2.05, 4.69) is 5.32 Å². The van der Waals surface area contributed by atoms with Crippen LogP contribution in [0.15, 0.2) is 24.3 Å². The van der Waals surface area contributed by atoms with Gasteiger partial charge in [0.25, 0.3) is 0 Å². The first-order valence-corrected chi connectivity index (χ1v) is 7.86. The Bertz CT molecular complexity index is 653. The second kappa shape index (κ2) is 7.38. The summed E-state index contributed by atoms with van der Waals surface area (Å²) in [6, 6.07) is 5.41. The zero-order chi connectivity index (χ0) is 17.7. The molecule has 1 aromatic carbocycles. The molecule has 1 unspecified atom stereocenters. The first kappa shape index (κ1) is 17.8. The Morgan fingerprint density at radius 3 is 2.71 bits per heavy atom. The summed E-state index contributed by atoms with van der Waals surface area (Å²) in [5.74, 6) is 0.492. The quantitative estimate of drug-likeness (QED) is 0.639. The molecule has 1 amide bonds. The minimum Gasteiger partial charge on any atom is -0.493 e. The van der Waals surface area contributed by atoms with Crippen LogP contribution in [0.2, 0.25) is 0 Å².